The van der Waals surface area contributed by atoms with E-state index in [0.29, 0.717) is 11.8 Å². The van der Waals surface area contributed by atoms with Crippen LogP contribution in [0.3, 0.4) is 0 Å². The summed E-state index contributed by atoms with van der Waals surface area (Å²) in [7, 11) is 0. The highest BCUT2D eigenvalue weighted by Crippen LogP contribution is 2.32. The van der Waals surface area contributed by atoms with Crippen LogP contribution in [0.25, 0.3) is 0 Å². The van der Waals surface area contributed by atoms with Crippen molar-refractivity contribution < 1.29 is 5.11 Å². The van der Waals surface area contributed by atoms with E-state index in [1.165, 1.54) is 6.42 Å². The second kappa shape index (κ2) is 3.40. The summed E-state index contributed by atoms with van der Waals surface area (Å²) < 4.78 is 0. The molecule has 0 spiro atoms. The van der Waals surface area contributed by atoms with Crippen molar-refractivity contribution in [1.29, 1.82) is 0 Å². The minimum Gasteiger partial charge on any atom is -0.392 e. The van der Waals surface area contributed by atoms with E-state index >= 15 is 0 Å². The van der Waals surface area contributed by atoms with Gasteiger partial charge in [-0.15, -0.1) is 0 Å². The van der Waals surface area contributed by atoms with E-state index in [0.717, 1.165) is 18.4 Å². The van der Waals surface area contributed by atoms with Crippen molar-refractivity contribution in [2.45, 2.75) is 39.2 Å². The van der Waals surface area contributed by atoms with Crippen LogP contribution in [0.1, 0.15) is 33.1 Å². The van der Waals surface area contributed by atoms with Gasteiger partial charge in [-0.3, -0.25) is 0 Å². The molecule has 0 aromatic rings. The van der Waals surface area contributed by atoms with Crippen LogP contribution in [0.4, 0.5) is 0 Å². The Morgan fingerprint density at radius 1 is 1.45 bits per heavy atom. The molecular weight excluding hydrogens is 136 g/mol. The fraction of sp³-hybridized carbons (Fsp3) is 0.800. The smallest absolute Gasteiger partial charge is 0.0607 e. The van der Waals surface area contributed by atoms with Crippen LogP contribution in [0.15, 0.2) is 12.2 Å². The van der Waals surface area contributed by atoms with Crippen LogP contribution < -0.4 is 0 Å². The quantitative estimate of drug-likeness (QED) is 0.575. The molecule has 1 heteroatoms. The van der Waals surface area contributed by atoms with Crippen LogP contribution in [0.2, 0.25) is 0 Å². The van der Waals surface area contributed by atoms with Crippen molar-refractivity contribution in [3.05, 3.63) is 12.2 Å². The van der Waals surface area contributed by atoms with Gasteiger partial charge in [-0.05, 0) is 32.1 Å². The Hall–Kier alpha value is -0.300. The van der Waals surface area contributed by atoms with Crippen LogP contribution in [-0.2, 0) is 0 Å². The summed E-state index contributed by atoms with van der Waals surface area (Å²) >= 11 is 0. The van der Waals surface area contributed by atoms with E-state index < -0.39 is 0 Å². The Kier molecular flexibility index (Phi) is 2.72. The summed E-state index contributed by atoms with van der Waals surface area (Å²) in [5.41, 5.74) is 1.14. The summed E-state index contributed by atoms with van der Waals surface area (Å²) in [6.45, 7) is 8.12. The van der Waals surface area contributed by atoms with E-state index in [-0.39, 0.29) is 6.10 Å². The lowest BCUT2D eigenvalue weighted by Crippen LogP contribution is -2.28. The first-order valence-electron chi connectivity index (χ1n) is 4.44. The second-order valence-corrected chi connectivity index (χ2v) is 3.94. The maximum atomic E-state index is 9.65. The molecule has 0 radical (unpaired) electrons. The number of hydrogen-bond acceptors (Lipinski definition) is 1. The molecule has 1 saturated carbocycles. The Labute approximate surface area is 69.1 Å². The van der Waals surface area contributed by atoms with Crippen molar-refractivity contribution in [2.24, 2.45) is 11.8 Å². The van der Waals surface area contributed by atoms with Gasteiger partial charge in [0.15, 0.2) is 0 Å². The molecule has 0 heterocycles. The summed E-state index contributed by atoms with van der Waals surface area (Å²) in [6.07, 6.45) is 3.19. The van der Waals surface area contributed by atoms with E-state index in [4.69, 9.17) is 0 Å². The van der Waals surface area contributed by atoms with Gasteiger partial charge < -0.3 is 5.11 Å². The largest absolute Gasteiger partial charge is 0.392 e. The van der Waals surface area contributed by atoms with Crippen LogP contribution in [0, 0.1) is 11.8 Å². The predicted molar refractivity (Wildman–Crippen MR) is 47.3 cm³/mol. The molecule has 64 valence electrons. The summed E-state index contributed by atoms with van der Waals surface area (Å²) in [6, 6.07) is 0. The first-order chi connectivity index (χ1) is 5.11. The standard InChI is InChI=1S/C10H18O/c1-7(2)9-5-4-8(3)6-10(9)11/h8-11H,1,4-6H2,2-3H3/t8-,9?,10-/m0/s1. The third kappa shape index (κ3) is 2.06. The van der Waals surface area contributed by atoms with Gasteiger partial charge in [0.05, 0.1) is 6.10 Å². The molecule has 1 unspecified atom stereocenters. The monoisotopic (exact) mass is 154 g/mol. The predicted octanol–water partition coefficient (Wildman–Crippen LogP) is 2.36. The lowest BCUT2D eigenvalue weighted by Gasteiger charge is -2.31. The van der Waals surface area contributed by atoms with Crippen molar-refractivity contribution in [3.8, 4) is 0 Å². The van der Waals surface area contributed by atoms with Gasteiger partial charge in [-0.1, -0.05) is 19.1 Å². The Bertz CT molecular complexity index is 151. The molecule has 0 aliphatic heterocycles. The molecule has 0 aromatic carbocycles. The number of hydrogen-bond donors (Lipinski definition) is 1. The molecule has 1 rings (SSSR count). The van der Waals surface area contributed by atoms with Crippen molar-refractivity contribution in [1.82, 2.24) is 0 Å². The highest BCUT2D eigenvalue weighted by molar-refractivity contribution is 5.01. The Morgan fingerprint density at radius 2 is 2.09 bits per heavy atom. The van der Waals surface area contributed by atoms with E-state index in [2.05, 4.69) is 13.5 Å². The maximum absolute atomic E-state index is 9.65. The van der Waals surface area contributed by atoms with Gasteiger partial charge in [0.25, 0.3) is 0 Å². The lowest BCUT2D eigenvalue weighted by molar-refractivity contribution is 0.0656. The van der Waals surface area contributed by atoms with Crippen molar-refractivity contribution >= 4 is 0 Å². The Morgan fingerprint density at radius 3 is 2.55 bits per heavy atom. The fourth-order valence-electron chi connectivity index (χ4n) is 1.93. The number of aliphatic hydroxyl groups is 1. The van der Waals surface area contributed by atoms with Gasteiger partial charge in [-0.2, -0.15) is 0 Å². The minimum atomic E-state index is -0.128. The molecule has 3 atom stereocenters. The van der Waals surface area contributed by atoms with E-state index in [1.54, 1.807) is 0 Å². The molecule has 1 N–H and O–H groups in total. The second-order valence-electron chi connectivity index (χ2n) is 3.94. The fourth-order valence-corrected chi connectivity index (χ4v) is 1.93. The van der Waals surface area contributed by atoms with Gasteiger partial charge in [-0.25, -0.2) is 0 Å². The third-order valence-electron chi connectivity index (χ3n) is 2.71. The third-order valence-corrected chi connectivity index (χ3v) is 2.71. The first-order valence-corrected chi connectivity index (χ1v) is 4.44. The van der Waals surface area contributed by atoms with Gasteiger partial charge in [0.1, 0.15) is 0 Å². The zero-order valence-corrected chi connectivity index (χ0v) is 7.51. The maximum Gasteiger partial charge on any atom is 0.0607 e. The normalized spacial score (nSPS) is 38.6. The van der Waals surface area contributed by atoms with Crippen LogP contribution in [-0.4, -0.2) is 11.2 Å². The van der Waals surface area contributed by atoms with Crippen molar-refractivity contribution in [2.75, 3.05) is 0 Å². The molecule has 0 saturated heterocycles. The molecule has 1 aliphatic rings. The van der Waals surface area contributed by atoms with Crippen molar-refractivity contribution in [3.63, 3.8) is 0 Å². The van der Waals surface area contributed by atoms with E-state index in [9.17, 15) is 5.11 Å². The number of aliphatic hydroxyl groups excluding tert-OH is 1. The molecule has 11 heavy (non-hydrogen) atoms. The zero-order valence-electron chi connectivity index (χ0n) is 7.51. The highest BCUT2D eigenvalue weighted by Gasteiger charge is 2.26. The lowest BCUT2D eigenvalue weighted by atomic mass is 9.78. The Balaban J connectivity index is 2.50. The van der Waals surface area contributed by atoms with Gasteiger partial charge in [0.2, 0.25) is 0 Å². The number of rotatable bonds is 1. The molecule has 1 aliphatic carbocycles. The molecule has 0 aromatic heterocycles. The summed E-state index contributed by atoms with van der Waals surface area (Å²) in [5, 5.41) is 9.65. The average molecular weight is 154 g/mol. The first kappa shape index (κ1) is 8.79. The topological polar surface area (TPSA) is 20.2 Å². The average Bonchev–Trinajstić information content (AvgIpc) is 1.85. The summed E-state index contributed by atoms with van der Waals surface area (Å²) in [4.78, 5) is 0. The van der Waals surface area contributed by atoms with E-state index in [1.807, 2.05) is 6.92 Å². The molecule has 0 bridgehead atoms. The molecule has 1 fully saturated rings. The molecule has 0 amide bonds. The van der Waals surface area contributed by atoms with Gasteiger partial charge >= 0.3 is 0 Å². The zero-order chi connectivity index (χ0) is 8.43. The summed E-state index contributed by atoms with van der Waals surface area (Å²) in [5.74, 6) is 1.06. The molecular formula is C10H18O. The van der Waals surface area contributed by atoms with Crippen LogP contribution in [0.5, 0.6) is 0 Å². The SMILES string of the molecule is C=C(C)C1CC[C@H](C)C[C@@H]1O. The highest BCUT2D eigenvalue weighted by atomic mass is 16.3. The van der Waals surface area contributed by atoms with Crippen LogP contribution >= 0.6 is 0 Å². The minimum absolute atomic E-state index is 0.128. The van der Waals surface area contributed by atoms with Gasteiger partial charge in [0, 0.05) is 5.92 Å². The molecule has 1 nitrogen and oxygen atoms in total.